The van der Waals surface area contributed by atoms with Crippen molar-refractivity contribution in [2.75, 3.05) is 6.79 Å². The summed E-state index contributed by atoms with van der Waals surface area (Å²) in [6.45, 7) is -0.763. The molecule has 1 aliphatic heterocycles. The predicted molar refractivity (Wildman–Crippen MR) is 101 cm³/mol. The Labute approximate surface area is 167 Å². The number of benzene rings is 2. The Balaban J connectivity index is 1.40. The van der Waals surface area contributed by atoms with Crippen molar-refractivity contribution in [3.05, 3.63) is 53.1 Å². The Morgan fingerprint density at radius 2 is 2.00 bits per heavy atom. The summed E-state index contributed by atoms with van der Waals surface area (Å²) >= 11 is 0. The van der Waals surface area contributed by atoms with Gasteiger partial charge < -0.3 is 24.8 Å². The third-order valence-corrected chi connectivity index (χ3v) is 5.20. The molecule has 2 aromatic rings. The summed E-state index contributed by atoms with van der Waals surface area (Å²) in [5.41, 5.74) is 2.76. The zero-order valence-electron chi connectivity index (χ0n) is 15.9. The molecule has 0 bridgehead atoms. The second-order valence-electron chi connectivity index (χ2n) is 7.14. The van der Waals surface area contributed by atoms with Crippen LogP contribution < -0.4 is 24.8 Å². The number of fused-ring (bicyclic) bond motifs is 2. The first kappa shape index (κ1) is 19.3. The number of hydrogen-bond donors (Lipinski definition) is 2. The lowest BCUT2D eigenvalue weighted by molar-refractivity contribution is -0.0499. The van der Waals surface area contributed by atoms with E-state index < -0.39 is 6.61 Å². The summed E-state index contributed by atoms with van der Waals surface area (Å²) in [5.74, 6) is 1.50. The quantitative estimate of drug-likeness (QED) is 0.772. The summed E-state index contributed by atoms with van der Waals surface area (Å²) in [6, 6.07) is 9.76. The van der Waals surface area contributed by atoms with Crippen molar-refractivity contribution in [1.29, 1.82) is 0 Å². The number of aryl methyl sites for hydroxylation is 1. The molecule has 2 N–H and O–H groups in total. The van der Waals surface area contributed by atoms with Gasteiger partial charge in [-0.25, -0.2) is 4.79 Å². The maximum atomic E-state index is 12.5. The fourth-order valence-corrected chi connectivity index (χ4v) is 3.78. The van der Waals surface area contributed by atoms with Gasteiger partial charge in [-0.1, -0.05) is 12.1 Å². The lowest BCUT2D eigenvalue weighted by Crippen LogP contribution is -2.40. The first-order valence-corrected chi connectivity index (χ1v) is 9.54. The number of amides is 2. The fraction of sp³-hybridized carbons (Fsp3) is 0.381. The number of carbonyl (C=O) groups is 1. The van der Waals surface area contributed by atoms with Crippen molar-refractivity contribution in [3.63, 3.8) is 0 Å². The second-order valence-corrected chi connectivity index (χ2v) is 7.14. The lowest BCUT2D eigenvalue weighted by Gasteiger charge is -2.27. The van der Waals surface area contributed by atoms with Gasteiger partial charge in [0.15, 0.2) is 11.5 Å². The van der Waals surface area contributed by atoms with Crippen LogP contribution in [0.25, 0.3) is 0 Å². The highest BCUT2D eigenvalue weighted by Gasteiger charge is 2.24. The van der Waals surface area contributed by atoms with Crippen LogP contribution in [0.2, 0.25) is 0 Å². The van der Waals surface area contributed by atoms with Crippen molar-refractivity contribution < 1.29 is 27.8 Å². The van der Waals surface area contributed by atoms with Gasteiger partial charge in [-0.15, -0.1) is 0 Å². The summed E-state index contributed by atoms with van der Waals surface area (Å²) < 4.78 is 40.0. The zero-order valence-corrected chi connectivity index (χ0v) is 15.9. The Kier molecular flexibility index (Phi) is 5.42. The maximum absolute atomic E-state index is 12.5. The molecule has 1 aliphatic carbocycles. The van der Waals surface area contributed by atoms with E-state index in [0.717, 1.165) is 36.0 Å². The topological polar surface area (TPSA) is 68.8 Å². The summed E-state index contributed by atoms with van der Waals surface area (Å²) in [5, 5.41) is 5.93. The number of alkyl halides is 2. The average molecular weight is 404 g/mol. The molecular formula is C21H22F2N2O4. The molecule has 0 fully saturated rings. The molecule has 0 saturated carbocycles. The molecule has 0 saturated heterocycles. The van der Waals surface area contributed by atoms with E-state index in [0.29, 0.717) is 11.5 Å². The minimum Gasteiger partial charge on any atom is -0.454 e. The highest BCUT2D eigenvalue weighted by molar-refractivity contribution is 5.75. The Morgan fingerprint density at radius 3 is 2.83 bits per heavy atom. The summed E-state index contributed by atoms with van der Waals surface area (Å²) in [7, 11) is 0. The molecular weight excluding hydrogens is 382 g/mol. The minimum absolute atomic E-state index is 0.139. The van der Waals surface area contributed by atoms with Crippen molar-refractivity contribution in [2.24, 2.45) is 0 Å². The van der Waals surface area contributed by atoms with E-state index in [-0.39, 0.29) is 30.7 Å². The molecule has 2 amide bonds. The molecule has 6 nitrogen and oxygen atoms in total. The number of carbonyl (C=O) groups excluding carboxylic acids is 1. The van der Waals surface area contributed by atoms with Crippen LogP contribution in [-0.4, -0.2) is 19.4 Å². The van der Waals surface area contributed by atoms with E-state index in [1.807, 2.05) is 25.1 Å². The van der Waals surface area contributed by atoms with Gasteiger partial charge in [0, 0.05) is 0 Å². The van der Waals surface area contributed by atoms with Crippen molar-refractivity contribution in [3.8, 4) is 17.2 Å². The van der Waals surface area contributed by atoms with Gasteiger partial charge in [0.25, 0.3) is 0 Å². The minimum atomic E-state index is -2.85. The van der Waals surface area contributed by atoms with E-state index >= 15 is 0 Å². The Hall–Kier alpha value is -3.03. The molecule has 4 rings (SSSR count). The summed E-state index contributed by atoms with van der Waals surface area (Å²) in [6.07, 6.45) is 2.41. The number of hydrogen-bond acceptors (Lipinski definition) is 4. The van der Waals surface area contributed by atoms with Crippen LogP contribution in [0, 0.1) is 0 Å². The SMILES string of the molecule is CC(NC(=O)NC1CCCc2cc(OC(F)F)ccc21)c1ccc2c(c1)OCO2. The van der Waals surface area contributed by atoms with Gasteiger partial charge >= 0.3 is 12.6 Å². The molecule has 29 heavy (non-hydrogen) atoms. The van der Waals surface area contributed by atoms with Crippen molar-refractivity contribution in [2.45, 2.75) is 44.9 Å². The highest BCUT2D eigenvalue weighted by atomic mass is 19.3. The number of halogens is 2. The maximum Gasteiger partial charge on any atom is 0.387 e. The van der Waals surface area contributed by atoms with Crippen LogP contribution in [0.3, 0.4) is 0 Å². The lowest BCUT2D eigenvalue weighted by atomic mass is 9.87. The van der Waals surface area contributed by atoms with Gasteiger partial charge in [0.1, 0.15) is 5.75 Å². The van der Waals surface area contributed by atoms with Crippen molar-refractivity contribution >= 4 is 6.03 Å². The largest absolute Gasteiger partial charge is 0.454 e. The van der Waals surface area contributed by atoms with Crippen LogP contribution in [0.5, 0.6) is 17.2 Å². The highest BCUT2D eigenvalue weighted by Crippen LogP contribution is 2.35. The Bertz CT molecular complexity index is 906. The van der Waals surface area contributed by atoms with Gasteiger partial charge in [0.05, 0.1) is 12.1 Å². The normalized spacial score (nSPS) is 18.1. The van der Waals surface area contributed by atoms with Crippen molar-refractivity contribution in [1.82, 2.24) is 10.6 Å². The predicted octanol–water partition coefficient (Wildman–Crippen LogP) is 4.45. The molecule has 2 aliphatic rings. The molecule has 0 aromatic heterocycles. The molecule has 2 aromatic carbocycles. The van der Waals surface area contributed by atoms with E-state index in [1.165, 1.54) is 6.07 Å². The van der Waals surface area contributed by atoms with Crippen LogP contribution in [0.1, 0.15) is 48.5 Å². The molecule has 2 unspecified atom stereocenters. The van der Waals surface area contributed by atoms with E-state index in [9.17, 15) is 13.6 Å². The number of rotatable bonds is 5. The first-order chi connectivity index (χ1) is 14.0. The van der Waals surface area contributed by atoms with Crippen LogP contribution >= 0.6 is 0 Å². The van der Waals surface area contributed by atoms with E-state index in [1.54, 1.807) is 12.1 Å². The van der Waals surface area contributed by atoms with Gasteiger partial charge in [-0.05, 0) is 67.1 Å². The second kappa shape index (κ2) is 8.14. The van der Waals surface area contributed by atoms with Gasteiger partial charge in [-0.2, -0.15) is 8.78 Å². The third kappa shape index (κ3) is 4.36. The molecule has 0 radical (unpaired) electrons. The molecule has 8 heteroatoms. The standard InChI is InChI=1S/C21H22F2N2O4/c1-12(13-5-8-18-19(10-13)28-11-27-18)24-21(26)25-17-4-2-3-14-9-15(29-20(22)23)6-7-16(14)17/h5-10,12,17,20H,2-4,11H2,1H3,(H2,24,25,26). The Morgan fingerprint density at radius 1 is 1.17 bits per heavy atom. The monoisotopic (exact) mass is 404 g/mol. The number of urea groups is 1. The van der Waals surface area contributed by atoms with Crippen LogP contribution in [-0.2, 0) is 6.42 Å². The number of nitrogens with one attached hydrogen (secondary N) is 2. The molecule has 0 spiro atoms. The molecule has 2 atom stereocenters. The molecule has 1 heterocycles. The van der Waals surface area contributed by atoms with Crippen LogP contribution in [0.15, 0.2) is 36.4 Å². The fourth-order valence-electron chi connectivity index (χ4n) is 3.78. The number of ether oxygens (including phenoxy) is 3. The summed E-state index contributed by atoms with van der Waals surface area (Å²) in [4.78, 5) is 12.5. The third-order valence-electron chi connectivity index (χ3n) is 5.20. The average Bonchev–Trinajstić information content (AvgIpc) is 3.15. The molecule has 154 valence electrons. The zero-order chi connectivity index (χ0) is 20.4. The smallest absolute Gasteiger partial charge is 0.387 e. The first-order valence-electron chi connectivity index (χ1n) is 9.54. The van der Waals surface area contributed by atoms with Gasteiger partial charge in [-0.3, -0.25) is 0 Å². The van der Waals surface area contributed by atoms with Gasteiger partial charge in [0.2, 0.25) is 6.79 Å². The van der Waals surface area contributed by atoms with E-state index in [2.05, 4.69) is 15.4 Å². The van der Waals surface area contributed by atoms with E-state index in [4.69, 9.17) is 9.47 Å². The van der Waals surface area contributed by atoms with Crippen LogP contribution in [0.4, 0.5) is 13.6 Å².